The molecule has 0 amide bonds. The largest absolute Gasteiger partial charge is 0.374 e. The molecule has 24 heavy (non-hydrogen) atoms. The van der Waals surface area contributed by atoms with Gasteiger partial charge >= 0.3 is 0 Å². The van der Waals surface area contributed by atoms with Gasteiger partial charge in [-0.2, -0.15) is 0 Å². The number of rotatable bonds is 1. The maximum atomic E-state index is 13.0. The number of ketones is 1. The quantitative estimate of drug-likeness (QED) is 0.809. The van der Waals surface area contributed by atoms with Gasteiger partial charge < -0.3 is 10.0 Å². The zero-order valence-corrected chi connectivity index (χ0v) is 15.1. The number of aryl methyl sites for hydroxylation is 2. The van der Waals surface area contributed by atoms with Gasteiger partial charge in [-0.1, -0.05) is 22.0 Å². The van der Waals surface area contributed by atoms with Crippen LogP contribution in [0.2, 0.25) is 0 Å². The van der Waals surface area contributed by atoms with Crippen LogP contribution in [-0.4, -0.2) is 28.9 Å². The van der Waals surface area contributed by atoms with Crippen LogP contribution in [0.25, 0.3) is 0 Å². The Hall–Kier alpha value is -1.98. The van der Waals surface area contributed by atoms with Gasteiger partial charge in [-0.25, -0.2) is 4.99 Å². The first kappa shape index (κ1) is 15.5. The van der Waals surface area contributed by atoms with Gasteiger partial charge in [-0.05, 0) is 55.3 Å². The molecule has 4 rings (SSSR count). The lowest BCUT2D eigenvalue weighted by Gasteiger charge is -2.30. The van der Waals surface area contributed by atoms with E-state index in [-0.39, 0.29) is 5.78 Å². The molecule has 1 saturated heterocycles. The molecule has 0 radical (unpaired) electrons. The van der Waals surface area contributed by atoms with E-state index in [1.54, 1.807) is 0 Å². The van der Waals surface area contributed by atoms with Gasteiger partial charge in [0.25, 0.3) is 0 Å². The molecule has 0 aromatic heterocycles. The van der Waals surface area contributed by atoms with Crippen LogP contribution < -0.4 is 4.90 Å². The summed E-state index contributed by atoms with van der Waals surface area (Å²) in [5.74, 6) is 0.185. The molecule has 1 N–H and O–H groups in total. The lowest BCUT2D eigenvalue weighted by atomic mass is 9.86. The van der Waals surface area contributed by atoms with Crippen LogP contribution in [0, 0.1) is 13.8 Å². The molecule has 0 unspecified atom stereocenters. The van der Waals surface area contributed by atoms with Gasteiger partial charge in [0.2, 0.25) is 5.78 Å². The van der Waals surface area contributed by atoms with E-state index >= 15 is 0 Å². The standard InChI is InChI=1S/C19H17BrN2O2/c1-11-8-15-16(9-12(11)2)21-18-19(24,17(15)23)6-7-22(18)14-5-3-4-13(20)10-14/h3-5,8-10,24H,6-7H2,1-2H3/t19-/m1/s1. The third-order valence-electron chi connectivity index (χ3n) is 4.90. The van der Waals surface area contributed by atoms with Gasteiger partial charge in [-0.15, -0.1) is 0 Å². The minimum absolute atomic E-state index is 0.247. The molecular formula is C19H17BrN2O2. The Bertz CT molecular complexity index is 906. The number of carbonyl (C=O) groups excluding carboxylic acids is 1. The smallest absolute Gasteiger partial charge is 0.204 e. The molecule has 4 nitrogen and oxygen atoms in total. The predicted molar refractivity (Wildman–Crippen MR) is 98.4 cm³/mol. The van der Waals surface area contributed by atoms with Gasteiger partial charge in [0.15, 0.2) is 5.60 Å². The Morgan fingerprint density at radius 3 is 2.71 bits per heavy atom. The molecule has 1 fully saturated rings. The van der Waals surface area contributed by atoms with Crippen LogP contribution in [-0.2, 0) is 0 Å². The Morgan fingerprint density at radius 1 is 1.21 bits per heavy atom. The van der Waals surface area contributed by atoms with Crippen molar-refractivity contribution in [1.29, 1.82) is 0 Å². The summed E-state index contributed by atoms with van der Waals surface area (Å²) >= 11 is 3.47. The molecule has 122 valence electrons. The van der Waals surface area contributed by atoms with E-state index in [4.69, 9.17) is 0 Å². The summed E-state index contributed by atoms with van der Waals surface area (Å²) in [7, 11) is 0. The second kappa shape index (κ2) is 5.26. The maximum Gasteiger partial charge on any atom is 0.204 e. The van der Waals surface area contributed by atoms with Gasteiger partial charge in [0.05, 0.1) is 5.69 Å². The van der Waals surface area contributed by atoms with Crippen molar-refractivity contribution < 1.29 is 9.90 Å². The van der Waals surface area contributed by atoms with Crippen LogP contribution in [0.15, 0.2) is 45.9 Å². The molecule has 2 heterocycles. The molecule has 2 aromatic carbocycles. The summed E-state index contributed by atoms with van der Waals surface area (Å²) in [6, 6.07) is 11.6. The zero-order valence-electron chi connectivity index (χ0n) is 13.5. The Morgan fingerprint density at radius 2 is 1.96 bits per heavy atom. The summed E-state index contributed by atoms with van der Waals surface area (Å²) in [4.78, 5) is 19.6. The molecule has 0 bridgehead atoms. The highest BCUT2D eigenvalue weighted by Gasteiger charge is 2.52. The average Bonchev–Trinajstić information content (AvgIpc) is 2.88. The van der Waals surface area contributed by atoms with Crippen LogP contribution in [0.5, 0.6) is 0 Å². The van der Waals surface area contributed by atoms with Crippen molar-refractivity contribution in [3.63, 3.8) is 0 Å². The SMILES string of the molecule is Cc1cc2c(cc1C)C(=O)[C@]1(O)CCN(c3cccc(Br)c3)C1=N2. The first-order chi connectivity index (χ1) is 11.4. The Balaban J connectivity index is 1.89. The number of Topliss-reactive ketones (excluding diaryl/α,β-unsaturated/α-hetero) is 1. The zero-order chi connectivity index (χ0) is 17.1. The van der Waals surface area contributed by atoms with Crippen molar-refractivity contribution in [1.82, 2.24) is 0 Å². The predicted octanol–water partition coefficient (Wildman–Crippen LogP) is 3.93. The Kier molecular flexibility index (Phi) is 3.41. The highest BCUT2D eigenvalue weighted by Crippen LogP contribution is 2.40. The minimum Gasteiger partial charge on any atom is -0.374 e. The summed E-state index contributed by atoms with van der Waals surface area (Å²) < 4.78 is 0.949. The third-order valence-corrected chi connectivity index (χ3v) is 5.39. The van der Waals surface area contributed by atoms with Crippen LogP contribution in [0.1, 0.15) is 27.9 Å². The second-order valence-electron chi connectivity index (χ2n) is 6.46. The average molecular weight is 385 g/mol. The number of aliphatic imine (C=N–C) groups is 1. The van der Waals surface area contributed by atoms with Gasteiger partial charge in [0, 0.05) is 28.7 Å². The molecular weight excluding hydrogens is 368 g/mol. The number of amidine groups is 1. The van der Waals surface area contributed by atoms with E-state index in [9.17, 15) is 9.90 Å². The summed E-state index contributed by atoms with van der Waals surface area (Å²) in [5, 5.41) is 11.1. The van der Waals surface area contributed by atoms with E-state index in [1.165, 1.54) is 0 Å². The molecule has 2 aromatic rings. The monoisotopic (exact) mass is 384 g/mol. The van der Waals surface area contributed by atoms with Crippen molar-refractivity contribution >= 4 is 38.9 Å². The highest BCUT2D eigenvalue weighted by molar-refractivity contribution is 9.10. The molecule has 0 aliphatic carbocycles. The number of anilines is 1. The van der Waals surface area contributed by atoms with Crippen molar-refractivity contribution in [2.24, 2.45) is 4.99 Å². The van der Waals surface area contributed by atoms with Crippen molar-refractivity contribution in [2.75, 3.05) is 11.4 Å². The molecule has 0 spiro atoms. The third kappa shape index (κ3) is 2.15. The Labute approximate surface area is 149 Å². The number of benzene rings is 2. The van der Waals surface area contributed by atoms with Crippen molar-refractivity contribution in [2.45, 2.75) is 25.9 Å². The lowest BCUT2D eigenvalue weighted by molar-refractivity contribution is 0.0602. The van der Waals surface area contributed by atoms with E-state index < -0.39 is 5.60 Å². The molecule has 5 heteroatoms. The summed E-state index contributed by atoms with van der Waals surface area (Å²) in [6.07, 6.45) is 0.351. The fourth-order valence-electron chi connectivity index (χ4n) is 3.39. The van der Waals surface area contributed by atoms with Crippen LogP contribution >= 0.6 is 15.9 Å². The van der Waals surface area contributed by atoms with Crippen LogP contribution in [0.3, 0.4) is 0 Å². The number of carbonyl (C=O) groups is 1. The number of hydrogen-bond acceptors (Lipinski definition) is 4. The number of nitrogens with zero attached hydrogens (tertiary/aromatic N) is 2. The van der Waals surface area contributed by atoms with Gasteiger partial charge in [0.1, 0.15) is 5.84 Å². The number of hydrogen-bond donors (Lipinski definition) is 1. The van der Waals surface area contributed by atoms with E-state index in [0.717, 1.165) is 21.3 Å². The first-order valence-corrected chi connectivity index (χ1v) is 8.70. The van der Waals surface area contributed by atoms with E-state index in [0.29, 0.717) is 30.1 Å². The van der Waals surface area contributed by atoms with E-state index in [2.05, 4.69) is 20.9 Å². The van der Waals surface area contributed by atoms with Gasteiger partial charge in [-0.3, -0.25) is 4.79 Å². The second-order valence-corrected chi connectivity index (χ2v) is 7.38. The topological polar surface area (TPSA) is 52.9 Å². The number of fused-ring (bicyclic) bond motifs is 2. The normalized spacial score (nSPS) is 22.2. The maximum absolute atomic E-state index is 13.0. The van der Waals surface area contributed by atoms with Crippen molar-refractivity contribution in [3.05, 3.63) is 57.6 Å². The molecule has 2 aliphatic rings. The summed E-state index contributed by atoms with van der Waals surface area (Å²) in [5.41, 5.74) is 2.66. The van der Waals surface area contributed by atoms with Crippen LogP contribution in [0.4, 0.5) is 11.4 Å². The fourth-order valence-corrected chi connectivity index (χ4v) is 3.78. The minimum atomic E-state index is -1.53. The first-order valence-electron chi connectivity index (χ1n) is 7.91. The van der Waals surface area contributed by atoms with Crippen molar-refractivity contribution in [3.8, 4) is 0 Å². The lowest BCUT2D eigenvalue weighted by Crippen LogP contribution is -2.48. The molecule has 0 saturated carbocycles. The molecule has 1 atom stereocenters. The molecule has 2 aliphatic heterocycles. The number of aliphatic hydroxyl groups is 1. The highest BCUT2D eigenvalue weighted by atomic mass is 79.9. The number of halogens is 1. The summed E-state index contributed by atoms with van der Waals surface area (Å²) in [6.45, 7) is 4.53. The fraction of sp³-hybridized carbons (Fsp3) is 0.263. The van der Waals surface area contributed by atoms with E-state index in [1.807, 2.05) is 55.1 Å².